The zero-order chi connectivity index (χ0) is 23.4. The third-order valence-electron chi connectivity index (χ3n) is 7.35. The van der Waals surface area contributed by atoms with Gasteiger partial charge in [0.15, 0.2) is 5.82 Å². The second-order valence-electron chi connectivity index (χ2n) is 9.46. The molecule has 5 aromatic rings. The van der Waals surface area contributed by atoms with E-state index in [2.05, 4.69) is 87.7 Å². The molecule has 0 unspecified atom stereocenters. The van der Waals surface area contributed by atoms with Gasteiger partial charge in [-0.3, -0.25) is 4.57 Å². The highest BCUT2D eigenvalue weighted by atomic mass is 35.5. The van der Waals surface area contributed by atoms with E-state index in [9.17, 15) is 0 Å². The number of nitrogens with one attached hydrogen (secondary N) is 1. The molecule has 1 saturated carbocycles. The summed E-state index contributed by atoms with van der Waals surface area (Å²) in [7, 11) is 0. The summed E-state index contributed by atoms with van der Waals surface area (Å²) < 4.78 is 2.25. The van der Waals surface area contributed by atoms with Crippen molar-refractivity contribution in [3.63, 3.8) is 0 Å². The molecule has 5 nitrogen and oxygen atoms in total. The molecule has 178 valence electrons. The number of para-hydroxylation sites is 1. The number of benzene rings is 3. The van der Waals surface area contributed by atoms with Crippen LogP contribution in [0.5, 0.6) is 0 Å². The van der Waals surface area contributed by atoms with Gasteiger partial charge in [0.25, 0.3) is 0 Å². The minimum absolute atomic E-state index is 0. The van der Waals surface area contributed by atoms with Crippen molar-refractivity contribution in [1.82, 2.24) is 14.5 Å². The summed E-state index contributed by atoms with van der Waals surface area (Å²) in [6, 6.07) is 31.5. The van der Waals surface area contributed by atoms with Gasteiger partial charge in [0.2, 0.25) is 0 Å². The van der Waals surface area contributed by atoms with Gasteiger partial charge in [0.05, 0.1) is 22.8 Å². The topological polar surface area (TPSA) is 68.8 Å². The van der Waals surface area contributed by atoms with Crippen LogP contribution in [0.1, 0.15) is 24.8 Å². The van der Waals surface area contributed by atoms with Crippen molar-refractivity contribution in [3.8, 4) is 39.6 Å². The first-order valence-corrected chi connectivity index (χ1v) is 12.1. The zero-order valence-corrected chi connectivity index (χ0v) is 20.5. The first-order chi connectivity index (χ1) is 17.2. The molecule has 7 rings (SSSR count). The number of pyridine rings is 1. The van der Waals surface area contributed by atoms with E-state index < -0.39 is 0 Å². The molecule has 3 heterocycles. The fourth-order valence-electron chi connectivity index (χ4n) is 5.29. The molecule has 36 heavy (non-hydrogen) atoms. The van der Waals surface area contributed by atoms with E-state index in [1.165, 1.54) is 12.0 Å². The first kappa shape index (κ1) is 22.5. The van der Waals surface area contributed by atoms with Crippen LogP contribution in [0.2, 0.25) is 0 Å². The van der Waals surface area contributed by atoms with E-state index in [1.54, 1.807) is 0 Å². The zero-order valence-electron chi connectivity index (χ0n) is 19.7. The Morgan fingerprint density at radius 1 is 0.806 bits per heavy atom. The monoisotopic (exact) mass is 491 g/mol. The number of nitrogens with two attached hydrogens (primary N) is 1. The molecule has 0 saturated heterocycles. The summed E-state index contributed by atoms with van der Waals surface area (Å²) in [5, 5.41) is 3.53. The minimum Gasteiger partial charge on any atom is -0.338 e. The quantitative estimate of drug-likeness (QED) is 0.277. The SMILES string of the molecule is Cl.NC1(c2ccc(-c3c(-c4ccccc4)nc4n3-c3cccnc3Nc3ccccc3-4)cc2)CCC1. The number of aromatic nitrogens is 3. The van der Waals surface area contributed by atoms with Crippen molar-refractivity contribution in [2.45, 2.75) is 24.8 Å². The average Bonchev–Trinajstić information content (AvgIpc) is 3.22. The van der Waals surface area contributed by atoms with E-state index in [-0.39, 0.29) is 17.9 Å². The van der Waals surface area contributed by atoms with Gasteiger partial charge in [0, 0.05) is 28.4 Å². The summed E-state index contributed by atoms with van der Waals surface area (Å²) in [4.78, 5) is 9.95. The number of hydrogen-bond acceptors (Lipinski definition) is 4. The lowest BCUT2D eigenvalue weighted by atomic mass is 9.72. The van der Waals surface area contributed by atoms with Crippen LogP contribution >= 0.6 is 12.4 Å². The molecule has 3 aromatic carbocycles. The number of halogens is 1. The highest BCUT2D eigenvalue weighted by molar-refractivity contribution is 5.90. The van der Waals surface area contributed by atoms with Gasteiger partial charge in [-0.2, -0.15) is 0 Å². The smallest absolute Gasteiger partial charge is 0.154 e. The predicted molar refractivity (Wildman–Crippen MR) is 148 cm³/mol. The van der Waals surface area contributed by atoms with E-state index in [0.29, 0.717) is 0 Å². The van der Waals surface area contributed by atoms with Crippen molar-refractivity contribution in [2.24, 2.45) is 5.73 Å². The Balaban J connectivity index is 0.00000240. The third-order valence-corrected chi connectivity index (χ3v) is 7.35. The Morgan fingerprint density at radius 3 is 2.31 bits per heavy atom. The highest BCUT2D eigenvalue weighted by Gasteiger charge is 2.34. The van der Waals surface area contributed by atoms with Crippen LogP contribution in [0.25, 0.3) is 39.6 Å². The molecule has 0 bridgehead atoms. The largest absolute Gasteiger partial charge is 0.338 e. The number of hydrogen-bond donors (Lipinski definition) is 2. The van der Waals surface area contributed by atoms with Crippen LogP contribution in [0.15, 0.2) is 97.2 Å². The Labute approximate surface area is 216 Å². The lowest BCUT2D eigenvalue weighted by molar-refractivity contribution is 0.253. The Kier molecular flexibility index (Phi) is 5.40. The number of anilines is 2. The molecule has 1 fully saturated rings. The van der Waals surface area contributed by atoms with Crippen LogP contribution < -0.4 is 11.1 Å². The van der Waals surface area contributed by atoms with E-state index in [0.717, 1.165) is 63.9 Å². The van der Waals surface area contributed by atoms with Crippen molar-refractivity contribution in [1.29, 1.82) is 0 Å². The van der Waals surface area contributed by atoms with Crippen LogP contribution in [0.4, 0.5) is 11.5 Å². The van der Waals surface area contributed by atoms with Gasteiger partial charge in [0.1, 0.15) is 5.82 Å². The number of rotatable bonds is 3. The molecular weight excluding hydrogens is 466 g/mol. The maximum Gasteiger partial charge on any atom is 0.154 e. The van der Waals surface area contributed by atoms with E-state index in [1.807, 2.05) is 24.4 Å². The second-order valence-corrected chi connectivity index (χ2v) is 9.46. The normalized spacial score (nSPS) is 14.7. The number of nitrogens with zero attached hydrogens (tertiary/aromatic N) is 3. The molecule has 3 N–H and O–H groups in total. The van der Waals surface area contributed by atoms with Crippen molar-refractivity contribution in [2.75, 3.05) is 5.32 Å². The van der Waals surface area contributed by atoms with Gasteiger partial charge in [-0.15, -0.1) is 12.4 Å². The molecule has 2 aliphatic rings. The molecule has 0 amide bonds. The van der Waals surface area contributed by atoms with Gasteiger partial charge in [-0.25, -0.2) is 9.97 Å². The lowest BCUT2D eigenvalue weighted by Gasteiger charge is -2.38. The van der Waals surface area contributed by atoms with Gasteiger partial charge >= 0.3 is 0 Å². The average molecular weight is 492 g/mol. The van der Waals surface area contributed by atoms with Crippen LogP contribution in [0, 0.1) is 0 Å². The van der Waals surface area contributed by atoms with Gasteiger partial charge < -0.3 is 11.1 Å². The molecule has 0 atom stereocenters. The summed E-state index contributed by atoms with van der Waals surface area (Å²) in [5.41, 5.74) is 14.8. The van der Waals surface area contributed by atoms with Crippen molar-refractivity contribution in [3.05, 3.63) is 103 Å². The highest BCUT2D eigenvalue weighted by Crippen LogP contribution is 2.45. The summed E-state index contributed by atoms with van der Waals surface area (Å²) in [6.07, 6.45) is 5.11. The molecule has 0 radical (unpaired) electrons. The fraction of sp³-hybridized carbons (Fsp3) is 0.133. The summed E-state index contributed by atoms with van der Waals surface area (Å²) >= 11 is 0. The predicted octanol–water partition coefficient (Wildman–Crippen LogP) is 7.09. The van der Waals surface area contributed by atoms with Crippen LogP contribution in [-0.4, -0.2) is 14.5 Å². The maximum atomic E-state index is 6.63. The molecule has 1 aliphatic carbocycles. The lowest BCUT2D eigenvalue weighted by Crippen LogP contribution is -2.43. The molecule has 0 spiro atoms. The van der Waals surface area contributed by atoms with Crippen molar-refractivity contribution < 1.29 is 0 Å². The van der Waals surface area contributed by atoms with Crippen LogP contribution in [0.3, 0.4) is 0 Å². The molecule has 1 aliphatic heterocycles. The van der Waals surface area contributed by atoms with E-state index in [4.69, 9.17) is 10.7 Å². The standard InChI is InChI=1S/C30H25N5.ClH/c31-30(17-7-18-30)22-15-13-21(14-16-22)27-26(20-8-2-1-3-9-20)34-29-23-10-4-5-11-24(23)33-28-25(35(27)29)12-6-19-32-28;/h1-6,8-16,19H,7,17-18,31H2,(H,32,33);1H. The molecule has 6 heteroatoms. The first-order valence-electron chi connectivity index (χ1n) is 12.1. The second kappa shape index (κ2) is 8.63. The van der Waals surface area contributed by atoms with Crippen LogP contribution in [-0.2, 0) is 5.54 Å². The van der Waals surface area contributed by atoms with Gasteiger partial charge in [-0.1, -0.05) is 66.7 Å². The molecule has 2 aromatic heterocycles. The Morgan fingerprint density at radius 2 is 1.56 bits per heavy atom. The maximum absolute atomic E-state index is 6.63. The van der Waals surface area contributed by atoms with E-state index >= 15 is 0 Å². The summed E-state index contributed by atoms with van der Waals surface area (Å²) in [6.45, 7) is 0. The fourth-order valence-corrected chi connectivity index (χ4v) is 5.29. The Hall–Kier alpha value is -3.93. The molecular formula is C30H26ClN5. The number of imidazole rings is 1. The minimum atomic E-state index is -0.186. The van der Waals surface area contributed by atoms with Gasteiger partial charge in [-0.05, 0) is 49.1 Å². The number of fused-ring (bicyclic) bond motifs is 5. The summed E-state index contributed by atoms with van der Waals surface area (Å²) in [5.74, 6) is 1.70. The van der Waals surface area contributed by atoms with Crippen molar-refractivity contribution >= 4 is 23.9 Å². The third kappa shape index (κ3) is 3.43. The Bertz CT molecular complexity index is 1550.